The fourth-order valence-corrected chi connectivity index (χ4v) is 3.58. The Morgan fingerprint density at radius 2 is 1.29 bits per heavy atom. The molecule has 0 aromatic rings. The summed E-state index contributed by atoms with van der Waals surface area (Å²) in [6, 6.07) is 0. The van der Waals surface area contributed by atoms with E-state index in [1.54, 1.807) is 0 Å². The highest BCUT2D eigenvalue weighted by Gasteiger charge is 2.25. The molecule has 28 heavy (non-hydrogen) atoms. The van der Waals surface area contributed by atoms with Gasteiger partial charge in [0.15, 0.2) is 5.90 Å². The lowest BCUT2D eigenvalue weighted by Crippen LogP contribution is -2.17. The van der Waals surface area contributed by atoms with E-state index in [2.05, 4.69) is 50.1 Å². The van der Waals surface area contributed by atoms with Crippen LogP contribution in [-0.2, 0) is 4.74 Å². The third-order valence-electron chi connectivity index (χ3n) is 5.36. The smallest absolute Gasteiger partial charge is 0.183 e. The number of ether oxygens (including phenoxy) is 1. The standard InChI is InChI=1S/C26H47NO/c1-4-5-6-7-8-9-10-11-12-13-14-15-16-17-18-19-20-21-22-23-25-27-26(2,3)24-28-25/h8-9,11-12H,4-7,10,13-24H2,1-3H3/b9-8-,12-11-. The SMILES string of the molecule is CCCCC/C=C\C/C=C\CCCCCCCCCCCC1=NC(C)(C)CO1. The van der Waals surface area contributed by atoms with E-state index in [9.17, 15) is 0 Å². The molecule has 2 heteroatoms. The van der Waals surface area contributed by atoms with Crippen molar-refractivity contribution in [2.45, 2.75) is 129 Å². The summed E-state index contributed by atoms with van der Waals surface area (Å²) in [5.41, 5.74) is 0.00998. The first kappa shape index (κ1) is 25.0. The Kier molecular flexibility index (Phi) is 15.0. The third kappa shape index (κ3) is 14.9. The first-order chi connectivity index (χ1) is 13.6. The average Bonchev–Trinajstić information content (AvgIpc) is 3.02. The molecule has 2 nitrogen and oxygen atoms in total. The molecule has 0 amide bonds. The second-order valence-corrected chi connectivity index (χ2v) is 9.00. The van der Waals surface area contributed by atoms with Gasteiger partial charge in [-0.25, -0.2) is 4.99 Å². The fraction of sp³-hybridized carbons (Fsp3) is 0.808. The number of hydrogen-bond donors (Lipinski definition) is 0. The van der Waals surface area contributed by atoms with Crippen molar-refractivity contribution in [3.63, 3.8) is 0 Å². The van der Waals surface area contributed by atoms with Gasteiger partial charge in [-0.15, -0.1) is 0 Å². The van der Waals surface area contributed by atoms with Crippen LogP contribution >= 0.6 is 0 Å². The van der Waals surface area contributed by atoms with Crippen molar-refractivity contribution in [3.8, 4) is 0 Å². The number of aliphatic imine (C=N–C) groups is 1. The second kappa shape index (κ2) is 16.9. The Morgan fingerprint density at radius 3 is 1.82 bits per heavy atom. The van der Waals surface area contributed by atoms with Crippen LogP contribution in [0.25, 0.3) is 0 Å². The molecule has 162 valence electrons. The van der Waals surface area contributed by atoms with E-state index < -0.39 is 0 Å². The molecule has 0 atom stereocenters. The van der Waals surface area contributed by atoms with E-state index in [1.807, 2.05) is 0 Å². The zero-order chi connectivity index (χ0) is 20.3. The molecule has 0 N–H and O–H groups in total. The minimum atomic E-state index is 0.00998. The van der Waals surface area contributed by atoms with E-state index in [-0.39, 0.29) is 5.54 Å². The Morgan fingerprint density at radius 1 is 0.750 bits per heavy atom. The minimum Gasteiger partial charge on any atom is -0.478 e. The number of unbranched alkanes of at least 4 members (excludes halogenated alkanes) is 12. The number of hydrogen-bond acceptors (Lipinski definition) is 2. The highest BCUT2D eigenvalue weighted by molar-refractivity contribution is 5.78. The van der Waals surface area contributed by atoms with Crippen molar-refractivity contribution in [2.75, 3.05) is 6.61 Å². The summed E-state index contributed by atoms with van der Waals surface area (Å²) in [4.78, 5) is 4.62. The maximum Gasteiger partial charge on any atom is 0.183 e. The lowest BCUT2D eigenvalue weighted by atomic mass is 10.1. The number of nitrogens with zero attached hydrogens (tertiary/aromatic N) is 1. The lowest BCUT2D eigenvalue weighted by molar-refractivity contribution is 0.273. The zero-order valence-electron chi connectivity index (χ0n) is 19.2. The summed E-state index contributed by atoms with van der Waals surface area (Å²) >= 11 is 0. The van der Waals surface area contributed by atoms with E-state index >= 15 is 0 Å². The normalized spacial score (nSPS) is 16.2. The van der Waals surface area contributed by atoms with Gasteiger partial charge in [0, 0.05) is 6.42 Å². The van der Waals surface area contributed by atoms with Gasteiger partial charge in [0.05, 0.1) is 5.54 Å². The molecule has 0 aromatic heterocycles. The summed E-state index contributed by atoms with van der Waals surface area (Å²) in [7, 11) is 0. The molecule has 0 spiro atoms. The van der Waals surface area contributed by atoms with Gasteiger partial charge < -0.3 is 4.74 Å². The largest absolute Gasteiger partial charge is 0.478 e. The van der Waals surface area contributed by atoms with Gasteiger partial charge in [0.25, 0.3) is 0 Å². The highest BCUT2D eigenvalue weighted by atomic mass is 16.5. The molecule has 0 fully saturated rings. The van der Waals surface area contributed by atoms with Gasteiger partial charge in [-0.05, 0) is 52.4 Å². The first-order valence-corrected chi connectivity index (χ1v) is 12.2. The third-order valence-corrected chi connectivity index (χ3v) is 5.36. The molecule has 1 heterocycles. The molecule has 0 radical (unpaired) electrons. The summed E-state index contributed by atoms with van der Waals surface area (Å²) < 4.78 is 5.65. The molecule has 1 aliphatic heterocycles. The maximum atomic E-state index is 5.65. The van der Waals surface area contributed by atoms with E-state index in [4.69, 9.17) is 4.74 Å². The van der Waals surface area contributed by atoms with Gasteiger partial charge in [-0.2, -0.15) is 0 Å². The van der Waals surface area contributed by atoms with Crippen molar-refractivity contribution in [1.82, 2.24) is 0 Å². The summed E-state index contributed by atoms with van der Waals surface area (Å²) in [6.45, 7) is 7.31. The monoisotopic (exact) mass is 389 g/mol. The van der Waals surface area contributed by atoms with Crippen molar-refractivity contribution in [2.24, 2.45) is 4.99 Å². The van der Waals surface area contributed by atoms with Crippen LogP contribution in [-0.4, -0.2) is 18.0 Å². The van der Waals surface area contributed by atoms with Crippen molar-refractivity contribution in [1.29, 1.82) is 0 Å². The van der Waals surface area contributed by atoms with Crippen LogP contribution in [0.5, 0.6) is 0 Å². The van der Waals surface area contributed by atoms with Crippen LogP contribution in [0.2, 0.25) is 0 Å². The molecule has 0 saturated heterocycles. The minimum absolute atomic E-state index is 0.00998. The summed E-state index contributed by atoms with van der Waals surface area (Å²) in [6.07, 6.45) is 30.3. The number of rotatable bonds is 18. The maximum absolute atomic E-state index is 5.65. The van der Waals surface area contributed by atoms with E-state index in [0.29, 0.717) is 0 Å². The van der Waals surface area contributed by atoms with Gasteiger partial charge >= 0.3 is 0 Å². The van der Waals surface area contributed by atoms with Gasteiger partial charge in [0.2, 0.25) is 0 Å². The van der Waals surface area contributed by atoms with Crippen LogP contribution in [0.3, 0.4) is 0 Å². The second-order valence-electron chi connectivity index (χ2n) is 9.00. The number of allylic oxidation sites excluding steroid dienone is 4. The van der Waals surface area contributed by atoms with Crippen LogP contribution in [0.15, 0.2) is 29.3 Å². The molecule has 0 unspecified atom stereocenters. The van der Waals surface area contributed by atoms with Gasteiger partial charge in [-0.3, -0.25) is 0 Å². The van der Waals surface area contributed by atoms with Gasteiger partial charge in [-0.1, -0.05) is 89.0 Å². The van der Waals surface area contributed by atoms with E-state index in [1.165, 1.54) is 89.9 Å². The molecule has 1 aliphatic rings. The topological polar surface area (TPSA) is 21.6 Å². The zero-order valence-corrected chi connectivity index (χ0v) is 19.2. The quantitative estimate of drug-likeness (QED) is 0.170. The predicted octanol–water partition coefficient (Wildman–Crippen LogP) is 8.57. The Hall–Kier alpha value is -1.05. The molecular weight excluding hydrogens is 342 g/mol. The lowest BCUT2D eigenvalue weighted by Gasteiger charge is -2.07. The van der Waals surface area contributed by atoms with Crippen LogP contribution in [0.1, 0.15) is 124 Å². The van der Waals surface area contributed by atoms with Gasteiger partial charge in [0.1, 0.15) is 6.61 Å². The molecule has 0 aromatic carbocycles. The Bertz CT molecular complexity index is 447. The highest BCUT2D eigenvalue weighted by Crippen LogP contribution is 2.20. The molecule has 0 aliphatic carbocycles. The summed E-state index contributed by atoms with van der Waals surface area (Å²) in [5.74, 6) is 0.988. The molecular formula is C26H47NO. The van der Waals surface area contributed by atoms with Crippen LogP contribution in [0, 0.1) is 0 Å². The first-order valence-electron chi connectivity index (χ1n) is 12.2. The van der Waals surface area contributed by atoms with Crippen molar-refractivity contribution < 1.29 is 4.74 Å². The molecule has 0 bridgehead atoms. The van der Waals surface area contributed by atoms with Crippen molar-refractivity contribution in [3.05, 3.63) is 24.3 Å². The summed E-state index contributed by atoms with van der Waals surface area (Å²) in [5, 5.41) is 0. The van der Waals surface area contributed by atoms with Crippen molar-refractivity contribution >= 4 is 5.90 Å². The Labute approximate surface area is 175 Å². The molecule has 1 rings (SSSR count). The van der Waals surface area contributed by atoms with Crippen LogP contribution < -0.4 is 0 Å². The average molecular weight is 390 g/mol. The van der Waals surface area contributed by atoms with Crippen LogP contribution in [0.4, 0.5) is 0 Å². The predicted molar refractivity (Wildman–Crippen MR) is 125 cm³/mol. The Balaban J connectivity index is 1.77. The molecule has 0 saturated carbocycles. The fourth-order valence-electron chi connectivity index (χ4n) is 3.58. The van der Waals surface area contributed by atoms with E-state index in [0.717, 1.165) is 25.3 Å².